The average Bonchev–Trinajstić information content (AvgIpc) is 3.30. The number of nitrogens with zero attached hydrogens (tertiary/aromatic N) is 4. The minimum Gasteiger partial charge on any atom is -0.508 e. The van der Waals surface area contributed by atoms with Crippen LogP contribution in [0.25, 0.3) is 11.0 Å². The smallest absolute Gasteiger partial charge is 0.228 e. The zero-order chi connectivity index (χ0) is 23.9. The van der Waals surface area contributed by atoms with E-state index in [-0.39, 0.29) is 24.0 Å². The molecule has 9 heteroatoms. The molecule has 0 unspecified atom stereocenters. The maximum Gasteiger partial charge on any atom is 0.228 e. The summed E-state index contributed by atoms with van der Waals surface area (Å²) in [6.45, 7) is 0.291. The number of carbonyl (C=O) groups excluding carboxylic acids is 1. The van der Waals surface area contributed by atoms with E-state index in [1.54, 1.807) is 38.5 Å². The van der Waals surface area contributed by atoms with Crippen molar-refractivity contribution in [2.45, 2.75) is 19.4 Å². The van der Waals surface area contributed by atoms with Crippen LogP contribution in [0, 0.1) is 0 Å². The van der Waals surface area contributed by atoms with Crippen LogP contribution in [0.2, 0.25) is 0 Å². The first-order chi connectivity index (χ1) is 16.6. The molecule has 4 rings (SSSR count). The van der Waals surface area contributed by atoms with Crippen LogP contribution >= 0.6 is 0 Å². The van der Waals surface area contributed by atoms with Crippen molar-refractivity contribution in [3.8, 4) is 17.2 Å². The Balaban J connectivity index is 1.52. The largest absolute Gasteiger partial charge is 0.508 e. The van der Waals surface area contributed by atoms with Gasteiger partial charge in [-0.25, -0.2) is 4.99 Å². The van der Waals surface area contributed by atoms with Gasteiger partial charge >= 0.3 is 0 Å². The summed E-state index contributed by atoms with van der Waals surface area (Å²) in [5.41, 5.74) is 3.24. The normalized spacial score (nSPS) is 11.4. The fourth-order valence-corrected chi connectivity index (χ4v) is 3.43. The molecule has 1 amide bonds. The van der Waals surface area contributed by atoms with Crippen LogP contribution in [0.1, 0.15) is 17.5 Å². The standard InChI is InChI=1S/C25H25N5O4/c1-33-22-13-9-17(15-23(22)34-2)10-14-24(32)27-25(26-16-18-7-11-19(31)12-8-18)30-21-6-4-3-5-20(21)28-29-30/h3-9,11-13,15,31H,10,14,16H2,1-2H3,(H,26,27,32). The summed E-state index contributed by atoms with van der Waals surface area (Å²) in [6, 6.07) is 19.8. The Morgan fingerprint density at radius 3 is 2.50 bits per heavy atom. The number of ether oxygens (including phenoxy) is 2. The zero-order valence-electron chi connectivity index (χ0n) is 18.9. The maximum atomic E-state index is 12.8. The van der Waals surface area contributed by atoms with E-state index >= 15 is 0 Å². The Bertz CT molecular complexity index is 1310. The van der Waals surface area contributed by atoms with Crippen LogP contribution in [-0.2, 0) is 17.8 Å². The third-order valence-corrected chi connectivity index (χ3v) is 5.24. The Kier molecular flexibility index (Phi) is 7.02. The summed E-state index contributed by atoms with van der Waals surface area (Å²) in [5, 5.41) is 20.7. The monoisotopic (exact) mass is 459 g/mol. The van der Waals surface area contributed by atoms with E-state index in [1.807, 2.05) is 42.5 Å². The van der Waals surface area contributed by atoms with Gasteiger partial charge < -0.3 is 14.6 Å². The van der Waals surface area contributed by atoms with Gasteiger partial charge in [-0.15, -0.1) is 5.10 Å². The van der Waals surface area contributed by atoms with Crippen molar-refractivity contribution >= 4 is 22.9 Å². The molecule has 174 valence electrons. The van der Waals surface area contributed by atoms with E-state index in [2.05, 4.69) is 20.6 Å². The molecule has 0 aliphatic carbocycles. The zero-order valence-corrected chi connectivity index (χ0v) is 18.9. The summed E-state index contributed by atoms with van der Waals surface area (Å²) in [5.74, 6) is 1.50. The first kappa shape index (κ1) is 22.8. The van der Waals surface area contributed by atoms with E-state index in [4.69, 9.17) is 9.47 Å². The van der Waals surface area contributed by atoms with Crippen molar-refractivity contribution in [3.05, 3.63) is 77.9 Å². The molecule has 1 aromatic heterocycles. The Hall–Kier alpha value is -4.40. The lowest BCUT2D eigenvalue weighted by Gasteiger charge is -2.11. The second kappa shape index (κ2) is 10.5. The summed E-state index contributed by atoms with van der Waals surface area (Å²) < 4.78 is 12.1. The molecule has 0 aliphatic heterocycles. The van der Waals surface area contributed by atoms with E-state index in [0.29, 0.717) is 30.0 Å². The van der Waals surface area contributed by atoms with Gasteiger partial charge in [0, 0.05) is 6.42 Å². The van der Waals surface area contributed by atoms with Crippen molar-refractivity contribution in [2.24, 2.45) is 4.99 Å². The van der Waals surface area contributed by atoms with Gasteiger partial charge in [0.15, 0.2) is 11.5 Å². The second-order valence-corrected chi connectivity index (χ2v) is 7.53. The number of hydrogen-bond acceptors (Lipinski definition) is 7. The van der Waals surface area contributed by atoms with Crippen molar-refractivity contribution in [2.75, 3.05) is 14.2 Å². The summed E-state index contributed by atoms with van der Waals surface area (Å²) in [6.07, 6.45) is 0.746. The number of amides is 1. The molecule has 0 bridgehead atoms. The number of rotatable bonds is 7. The highest BCUT2D eigenvalue weighted by molar-refractivity contribution is 6.01. The van der Waals surface area contributed by atoms with Crippen molar-refractivity contribution in [1.29, 1.82) is 0 Å². The van der Waals surface area contributed by atoms with Crippen LogP contribution in [-0.4, -0.2) is 46.2 Å². The molecule has 1 heterocycles. The lowest BCUT2D eigenvalue weighted by molar-refractivity contribution is -0.119. The lowest BCUT2D eigenvalue weighted by atomic mass is 10.1. The molecule has 0 atom stereocenters. The molecule has 9 nitrogen and oxygen atoms in total. The number of phenols is 1. The summed E-state index contributed by atoms with van der Waals surface area (Å²) >= 11 is 0. The van der Waals surface area contributed by atoms with Gasteiger partial charge in [-0.05, 0) is 53.9 Å². The lowest BCUT2D eigenvalue weighted by Crippen LogP contribution is -2.36. The molecule has 2 N–H and O–H groups in total. The third kappa shape index (κ3) is 5.32. The molecule has 34 heavy (non-hydrogen) atoms. The van der Waals surface area contributed by atoms with E-state index < -0.39 is 0 Å². The van der Waals surface area contributed by atoms with Crippen LogP contribution in [0.15, 0.2) is 71.7 Å². The van der Waals surface area contributed by atoms with E-state index in [1.165, 1.54) is 4.68 Å². The highest BCUT2D eigenvalue weighted by Gasteiger charge is 2.14. The van der Waals surface area contributed by atoms with Crippen LogP contribution < -0.4 is 14.8 Å². The predicted octanol–water partition coefficient (Wildman–Crippen LogP) is 3.31. The number of benzene rings is 3. The van der Waals surface area contributed by atoms with Gasteiger partial charge in [0.05, 0.1) is 26.3 Å². The molecule has 0 spiro atoms. The van der Waals surface area contributed by atoms with Gasteiger partial charge in [-0.3, -0.25) is 10.1 Å². The average molecular weight is 460 g/mol. The molecule has 3 aromatic carbocycles. The molecule has 4 aromatic rings. The molecular formula is C25H25N5O4. The number of aromatic hydroxyl groups is 1. The number of nitrogens with one attached hydrogen (secondary N) is 1. The summed E-state index contributed by atoms with van der Waals surface area (Å²) in [4.78, 5) is 17.4. The quantitative estimate of drug-likeness (QED) is 0.324. The molecule has 0 saturated carbocycles. The summed E-state index contributed by atoms with van der Waals surface area (Å²) in [7, 11) is 3.16. The Morgan fingerprint density at radius 1 is 1.00 bits per heavy atom. The number of methoxy groups -OCH3 is 2. The predicted molar refractivity (Wildman–Crippen MR) is 128 cm³/mol. The van der Waals surface area contributed by atoms with Gasteiger partial charge in [0.25, 0.3) is 0 Å². The van der Waals surface area contributed by atoms with E-state index in [9.17, 15) is 9.90 Å². The van der Waals surface area contributed by atoms with Crippen molar-refractivity contribution in [3.63, 3.8) is 0 Å². The molecular weight excluding hydrogens is 434 g/mol. The molecule has 0 radical (unpaired) electrons. The highest BCUT2D eigenvalue weighted by Crippen LogP contribution is 2.28. The Morgan fingerprint density at radius 2 is 1.74 bits per heavy atom. The highest BCUT2D eigenvalue weighted by atomic mass is 16.5. The van der Waals surface area contributed by atoms with Gasteiger partial charge in [-0.1, -0.05) is 35.5 Å². The number of phenolic OH excluding ortho intramolecular Hbond substituents is 1. The number of carbonyl (C=O) groups is 1. The van der Waals surface area contributed by atoms with Crippen LogP contribution in [0.3, 0.4) is 0 Å². The number of aliphatic imine (C=N–C) groups is 1. The minimum absolute atomic E-state index is 0.179. The van der Waals surface area contributed by atoms with Gasteiger partial charge in [-0.2, -0.15) is 4.68 Å². The number of hydrogen-bond donors (Lipinski definition) is 2. The van der Waals surface area contributed by atoms with E-state index in [0.717, 1.165) is 16.6 Å². The number of aromatic nitrogens is 3. The Labute approximate surface area is 196 Å². The van der Waals surface area contributed by atoms with Crippen LogP contribution in [0.4, 0.5) is 0 Å². The van der Waals surface area contributed by atoms with Gasteiger partial charge in [0.1, 0.15) is 11.3 Å². The van der Waals surface area contributed by atoms with Crippen LogP contribution in [0.5, 0.6) is 17.2 Å². The second-order valence-electron chi connectivity index (χ2n) is 7.53. The first-order valence-corrected chi connectivity index (χ1v) is 10.7. The maximum absolute atomic E-state index is 12.8. The van der Waals surface area contributed by atoms with Gasteiger partial charge in [0.2, 0.25) is 11.9 Å². The number of aryl methyl sites for hydroxylation is 1. The number of fused-ring (bicyclic) bond motifs is 1. The molecule has 0 aliphatic rings. The molecule has 0 saturated heterocycles. The van der Waals surface area contributed by atoms with Crippen molar-refractivity contribution in [1.82, 2.24) is 20.3 Å². The third-order valence-electron chi connectivity index (χ3n) is 5.24. The fraction of sp³-hybridized carbons (Fsp3) is 0.200. The first-order valence-electron chi connectivity index (χ1n) is 10.7. The fourth-order valence-electron chi connectivity index (χ4n) is 3.43. The SMILES string of the molecule is COc1ccc(CCC(=O)NC(=NCc2ccc(O)cc2)n2nnc3ccccc32)cc1OC. The molecule has 0 fully saturated rings. The minimum atomic E-state index is -0.209. The topological polar surface area (TPSA) is 111 Å². The van der Waals surface area contributed by atoms with Crippen molar-refractivity contribution < 1.29 is 19.4 Å². The number of para-hydroxylation sites is 1.